The van der Waals surface area contributed by atoms with Crippen LogP contribution in [0.15, 0.2) is 297 Å². The number of rotatable bonds is 7. The molecule has 97 heavy (non-hydrogen) atoms. The molecule has 0 radical (unpaired) electrons. The summed E-state index contributed by atoms with van der Waals surface area (Å²) in [5.74, 6) is 0.689. The number of aromatic nitrogens is 5. The third-order valence-corrected chi connectivity index (χ3v) is 22.2. The summed E-state index contributed by atoms with van der Waals surface area (Å²) in [5.41, 5.74) is 32.9. The molecule has 21 rings (SSSR count). The van der Waals surface area contributed by atoms with Crippen molar-refractivity contribution in [3.05, 3.63) is 320 Å². The Morgan fingerprint density at radius 3 is 1.26 bits per heavy atom. The van der Waals surface area contributed by atoms with Crippen molar-refractivity contribution in [1.82, 2.24) is 23.7 Å². The Balaban J connectivity index is 0.741. The number of fused-ring (bicyclic) bond motifs is 18. The zero-order chi connectivity index (χ0) is 64.2. The van der Waals surface area contributed by atoms with Crippen molar-refractivity contribution in [3.8, 4) is 107 Å². The summed E-state index contributed by atoms with van der Waals surface area (Å²) in [5, 5.41) is 9.70. The molecule has 0 saturated carbocycles. The molecule has 0 saturated heterocycles. The van der Waals surface area contributed by atoms with Gasteiger partial charge >= 0.3 is 0 Å². The van der Waals surface area contributed by atoms with Crippen molar-refractivity contribution in [3.63, 3.8) is 0 Å². The van der Waals surface area contributed by atoms with E-state index in [0.29, 0.717) is 5.82 Å². The van der Waals surface area contributed by atoms with Crippen LogP contribution in [0, 0.1) is 0 Å². The summed E-state index contributed by atoms with van der Waals surface area (Å²) >= 11 is 0. The minimum absolute atomic E-state index is 0.116. The third-order valence-electron chi connectivity index (χ3n) is 22.2. The molecular formula is C92H61N5. The van der Waals surface area contributed by atoms with Crippen LogP contribution in [0.2, 0.25) is 0 Å². The highest BCUT2D eigenvalue weighted by atomic mass is 15.0. The minimum Gasteiger partial charge on any atom is -0.309 e. The van der Waals surface area contributed by atoms with E-state index in [2.05, 4.69) is 339 Å². The Morgan fingerprint density at radius 2 is 0.670 bits per heavy atom. The Labute approximate surface area is 561 Å². The monoisotopic (exact) mass is 1240 g/mol. The van der Waals surface area contributed by atoms with Gasteiger partial charge in [0.05, 0.1) is 44.5 Å². The van der Waals surface area contributed by atoms with Gasteiger partial charge in [-0.1, -0.05) is 240 Å². The lowest BCUT2D eigenvalue weighted by Crippen LogP contribution is -2.15. The number of benzene rings is 14. The molecule has 4 aromatic heterocycles. The molecule has 0 spiro atoms. The Hall–Kier alpha value is -12.2. The Kier molecular flexibility index (Phi) is 11.0. The van der Waals surface area contributed by atoms with Crippen molar-refractivity contribution in [1.29, 1.82) is 0 Å². The van der Waals surface area contributed by atoms with Crippen molar-refractivity contribution >= 4 is 76.2 Å². The zero-order valence-corrected chi connectivity index (χ0v) is 54.0. The van der Waals surface area contributed by atoms with Crippen LogP contribution >= 0.6 is 0 Å². The van der Waals surface area contributed by atoms with Gasteiger partial charge < -0.3 is 13.7 Å². The second-order valence-corrected chi connectivity index (χ2v) is 28.0. The van der Waals surface area contributed by atoms with Crippen LogP contribution < -0.4 is 0 Å². The molecule has 0 amide bonds. The molecule has 0 atom stereocenters. The van der Waals surface area contributed by atoms with Crippen LogP contribution in [0.4, 0.5) is 0 Å². The van der Waals surface area contributed by atoms with Gasteiger partial charge in [-0.25, -0.2) is 9.97 Å². The first-order valence-electron chi connectivity index (χ1n) is 33.9. The Bertz CT molecular complexity index is 6220. The summed E-state index contributed by atoms with van der Waals surface area (Å²) in [6, 6.07) is 111. The van der Waals surface area contributed by atoms with Crippen LogP contribution in [-0.2, 0) is 10.8 Å². The molecule has 0 bridgehead atoms. The van der Waals surface area contributed by atoms with Gasteiger partial charge in [-0.2, -0.15) is 0 Å². The molecule has 14 aromatic carbocycles. The third kappa shape index (κ3) is 7.59. The van der Waals surface area contributed by atoms with Gasteiger partial charge in [0, 0.05) is 82.5 Å². The van der Waals surface area contributed by atoms with E-state index in [-0.39, 0.29) is 10.8 Å². The molecule has 3 aliphatic rings. The maximum Gasteiger partial charge on any atom is 0.160 e. The first-order valence-corrected chi connectivity index (χ1v) is 33.9. The molecule has 4 heterocycles. The van der Waals surface area contributed by atoms with Crippen LogP contribution in [0.1, 0.15) is 49.9 Å². The number of para-hydroxylation sites is 2. The van der Waals surface area contributed by atoms with E-state index in [1.165, 1.54) is 127 Å². The van der Waals surface area contributed by atoms with E-state index in [0.717, 1.165) is 72.6 Å². The van der Waals surface area contributed by atoms with Gasteiger partial charge in [0.15, 0.2) is 5.82 Å². The zero-order valence-electron chi connectivity index (χ0n) is 54.0. The molecule has 18 aromatic rings. The van der Waals surface area contributed by atoms with E-state index >= 15 is 0 Å². The van der Waals surface area contributed by atoms with E-state index in [1.54, 1.807) is 0 Å². The van der Waals surface area contributed by atoms with Crippen molar-refractivity contribution < 1.29 is 0 Å². The second-order valence-electron chi connectivity index (χ2n) is 28.0. The molecule has 5 heteroatoms. The molecule has 5 nitrogen and oxygen atoms in total. The summed E-state index contributed by atoms with van der Waals surface area (Å²) in [6.45, 7) is 9.47. The highest BCUT2D eigenvalue weighted by molar-refractivity contribution is 6.18. The van der Waals surface area contributed by atoms with Crippen molar-refractivity contribution in [2.45, 2.75) is 38.5 Å². The fourth-order valence-electron chi connectivity index (χ4n) is 17.6. The first kappa shape index (κ1) is 54.2. The summed E-state index contributed by atoms with van der Waals surface area (Å²) in [6.07, 6.45) is 0. The summed E-state index contributed by atoms with van der Waals surface area (Å²) in [7, 11) is 0. The van der Waals surface area contributed by atoms with Gasteiger partial charge in [0.25, 0.3) is 0 Å². The lowest BCUT2D eigenvalue weighted by molar-refractivity contribution is 0.660. The lowest BCUT2D eigenvalue weighted by atomic mass is 9.82. The lowest BCUT2D eigenvalue weighted by Gasteiger charge is -2.22. The minimum atomic E-state index is -0.116. The van der Waals surface area contributed by atoms with E-state index in [4.69, 9.17) is 9.97 Å². The van der Waals surface area contributed by atoms with Gasteiger partial charge in [-0.3, -0.25) is 0 Å². The smallest absolute Gasteiger partial charge is 0.160 e. The number of hydrogen-bond donors (Lipinski definition) is 0. The summed E-state index contributed by atoms with van der Waals surface area (Å²) < 4.78 is 7.42. The quantitative estimate of drug-likeness (QED) is 0.160. The normalized spacial score (nSPS) is 13.7. The van der Waals surface area contributed by atoms with Crippen molar-refractivity contribution in [2.75, 3.05) is 0 Å². The van der Waals surface area contributed by atoms with Crippen molar-refractivity contribution in [2.24, 2.45) is 0 Å². The average molecular weight is 1240 g/mol. The molecule has 0 unspecified atom stereocenters. The van der Waals surface area contributed by atoms with Crippen LogP contribution in [0.3, 0.4) is 0 Å². The maximum atomic E-state index is 5.58. The van der Waals surface area contributed by atoms with Gasteiger partial charge in [0.2, 0.25) is 0 Å². The van der Waals surface area contributed by atoms with Crippen LogP contribution in [0.25, 0.3) is 183 Å². The molecular weight excluding hydrogens is 1180 g/mol. The van der Waals surface area contributed by atoms with E-state index < -0.39 is 0 Å². The maximum absolute atomic E-state index is 5.58. The topological polar surface area (TPSA) is 40.6 Å². The average Bonchev–Trinajstić information content (AvgIpc) is 1.59. The first-order chi connectivity index (χ1) is 47.6. The van der Waals surface area contributed by atoms with Gasteiger partial charge in [0.1, 0.15) is 0 Å². The van der Waals surface area contributed by atoms with Gasteiger partial charge in [-0.05, 0) is 168 Å². The number of hydrogen-bond acceptors (Lipinski definition) is 2. The standard InChI is InChI=1S/C92H61N5/c1-91(2)76-31-12-8-25-64(76)66-43-39-62(52-78(66)91)95-80-33-14-10-27-68(80)74-48-56(37-45-82(74)95)58-35-41-70-71-42-36-59(57-38-46-83-75(49-57)69-28-11-15-34-81(69)96(83)63-40-44-67-65-26-9-13-32-77(65)92(3,4)79(67)53-63)51-85(71)97(84(70)50-58)61-24-16-23-60(47-61)90-93-88(55-19-6-5-7-20-55)87-72-29-17-21-54-22-18-30-73(86(54)72)89(87)94-90/h5-53H,1-4H3. The Morgan fingerprint density at radius 1 is 0.247 bits per heavy atom. The van der Waals surface area contributed by atoms with Crippen LogP contribution in [-0.4, -0.2) is 23.7 Å². The molecule has 454 valence electrons. The fourth-order valence-corrected chi connectivity index (χ4v) is 17.6. The van der Waals surface area contributed by atoms with Gasteiger partial charge in [-0.15, -0.1) is 0 Å². The predicted octanol–water partition coefficient (Wildman–Crippen LogP) is 23.8. The molecule has 0 fully saturated rings. The van der Waals surface area contributed by atoms with E-state index in [9.17, 15) is 0 Å². The van der Waals surface area contributed by atoms with E-state index in [1.807, 2.05) is 0 Å². The molecule has 0 aliphatic heterocycles. The largest absolute Gasteiger partial charge is 0.309 e. The molecule has 3 aliphatic carbocycles. The predicted molar refractivity (Wildman–Crippen MR) is 404 cm³/mol. The SMILES string of the molecule is CC1(C)c2ccccc2-c2ccc(-n3c4ccccc4c4cc(-c5ccc6c7ccc(-c8ccc9c(c8)c8ccccc8n9-c8ccc9c(c8)C(C)(C)c8ccccc8-9)cc7n(-c7cccc(-c8nc(-c9ccccc9)c9c(n8)-c8cccc%10cccc-9c8%10)c7)c6c5)ccc43)cc21. The highest BCUT2D eigenvalue weighted by Crippen LogP contribution is 2.54. The fraction of sp³-hybridized carbons (Fsp3) is 0.0652. The van der Waals surface area contributed by atoms with Crippen LogP contribution in [0.5, 0.6) is 0 Å². The number of nitrogens with zero attached hydrogens (tertiary/aromatic N) is 5. The molecule has 0 N–H and O–H groups in total. The highest BCUT2D eigenvalue weighted by Gasteiger charge is 2.38. The second kappa shape index (κ2) is 19.7. The summed E-state index contributed by atoms with van der Waals surface area (Å²) in [4.78, 5) is 11.2.